The molecular weight excluding hydrogens is 287 g/mol. The van der Waals surface area contributed by atoms with Crippen LogP contribution in [0.1, 0.15) is 23.6 Å². The van der Waals surface area contributed by atoms with Gasteiger partial charge in [0, 0.05) is 17.2 Å². The van der Waals surface area contributed by atoms with Crippen LogP contribution >= 0.6 is 11.6 Å². The minimum Gasteiger partial charge on any atom is -0.376 e. The van der Waals surface area contributed by atoms with E-state index in [9.17, 15) is 13.2 Å². The zero-order valence-electron chi connectivity index (χ0n) is 10.4. The van der Waals surface area contributed by atoms with Gasteiger partial charge in [-0.2, -0.15) is 0 Å². The van der Waals surface area contributed by atoms with E-state index in [1.165, 1.54) is 0 Å². The van der Waals surface area contributed by atoms with Crippen LogP contribution in [0.3, 0.4) is 0 Å². The minimum absolute atomic E-state index is 0.157. The van der Waals surface area contributed by atoms with Crippen LogP contribution in [0.25, 0.3) is 0 Å². The minimum atomic E-state index is -1.19. The van der Waals surface area contributed by atoms with Crippen molar-refractivity contribution in [3.63, 3.8) is 0 Å². The van der Waals surface area contributed by atoms with Crippen LogP contribution in [0.15, 0.2) is 30.3 Å². The number of hydrogen-bond acceptors (Lipinski definition) is 1. The number of fused-ring (bicyclic) bond motifs is 1. The summed E-state index contributed by atoms with van der Waals surface area (Å²) in [6.07, 6.45) is 1.53. The topological polar surface area (TPSA) is 12.0 Å². The molecule has 20 heavy (non-hydrogen) atoms. The highest BCUT2D eigenvalue weighted by Crippen LogP contribution is 2.36. The first kappa shape index (κ1) is 13.3. The predicted molar refractivity (Wildman–Crippen MR) is 72.5 cm³/mol. The number of rotatable bonds is 2. The average Bonchev–Trinajstić information content (AvgIpc) is 2.77. The third kappa shape index (κ3) is 2.36. The van der Waals surface area contributed by atoms with Gasteiger partial charge in [-0.25, -0.2) is 13.2 Å². The van der Waals surface area contributed by atoms with Gasteiger partial charge in [-0.05, 0) is 36.1 Å². The predicted octanol–water partition coefficient (Wildman–Crippen LogP) is 4.86. The quantitative estimate of drug-likeness (QED) is 0.781. The van der Waals surface area contributed by atoms with E-state index < -0.39 is 17.5 Å². The number of hydrogen-bond donors (Lipinski definition) is 1. The van der Waals surface area contributed by atoms with E-state index in [1.54, 1.807) is 6.07 Å². The molecule has 0 bridgehead atoms. The van der Waals surface area contributed by atoms with Gasteiger partial charge < -0.3 is 5.32 Å². The zero-order chi connectivity index (χ0) is 14.3. The van der Waals surface area contributed by atoms with Crippen molar-refractivity contribution in [3.8, 4) is 0 Å². The molecule has 0 radical (unpaired) electrons. The average molecular weight is 298 g/mol. The molecule has 1 aliphatic carbocycles. The molecule has 2 aromatic rings. The molecule has 0 aromatic heterocycles. The Bertz CT molecular complexity index is 672. The Morgan fingerprint density at radius 3 is 2.70 bits per heavy atom. The molecule has 2 aromatic carbocycles. The highest BCUT2D eigenvalue weighted by atomic mass is 35.5. The van der Waals surface area contributed by atoms with E-state index in [2.05, 4.69) is 5.32 Å². The van der Waals surface area contributed by atoms with Gasteiger partial charge in [-0.15, -0.1) is 0 Å². The molecule has 0 spiro atoms. The Hall–Kier alpha value is -1.68. The number of benzene rings is 2. The monoisotopic (exact) mass is 297 g/mol. The molecule has 1 nitrogen and oxygen atoms in total. The van der Waals surface area contributed by atoms with E-state index >= 15 is 0 Å². The van der Waals surface area contributed by atoms with Gasteiger partial charge in [0.1, 0.15) is 5.82 Å². The first-order chi connectivity index (χ1) is 9.54. The lowest BCUT2D eigenvalue weighted by atomic mass is 10.1. The van der Waals surface area contributed by atoms with Crippen molar-refractivity contribution >= 4 is 17.3 Å². The van der Waals surface area contributed by atoms with Crippen molar-refractivity contribution in [2.45, 2.75) is 18.9 Å². The van der Waals surface area contributed by atoms with Crippen LogP contribution in [0.4, 0.5) is 18.9 Å². The summed E-state index contributed by atoms with van der Waals surface area (Å²) in [6, 6.07) is 6.80. The summed E-state index contributed by atoms with van der Waals surface area (Å²) in [5.74, 6) is -3.06. The Kier molecular flexibility index (Phi) is 3.34. The van der Waals surface area contributed by atoms with E-state index in [-0.39, 0.29) is 11.7 Å². The second kappa shape index (κ2) is 5.02. The van der Waals surface area contributed by atoms with Gasteiger partial charge in [-0.3, -0.25) is 0 Å². The van der Waals surface area contributed by atoms with Crippen LogP contribution in [0.2, 0.25) is 5.02 Å². The fourth-order valence-corrected chi connectivity index (χ4v) is 2.78. The van der Waals surface area contributed by atoms with E-state index in [1.807, 2.05) is 12.1 Å². The lowest BCUT2D eigenvalue weighted by molar-refractivity contribution is 0.496. The number of halogens is 4. The van der Waals surface area contributed by atoms with Crippen LogP contribution in [0.5, 0.6) is 0 Å². The molecule has 0 amide bonds. The van der Waals surface area contributed by atoms with Crippen molar-refractivity contribution in [1.82, 2.24) is 0 Å². The largest absolute Gasteiger partial charge is 0.376 e. The summed E-state index contributed by atoms with van der Waals surface area (Å²) in [4.78, 5) is 0. The van der Waals surface area contributed by atoms with Crippen LogP contribution < -0.4 is 5.32 Å². The highest BCUT2D eigenvalue weighted by Gasteiger charge is 2.24. The summed E-state index contributed by atoms with van der Waals surface area (Å²) in [5.41, 5.74) is 1.90. The third-order valence-corrected chi connectivity index (χ3v) is 3.74. The molecule has 0 fully saturated rings. The van der Waals surface area contributed by atoms with E-state index in [4.69, 9.17) is 11.6 Å². The van der Waals surface area contributed by atoms with Crippen LogP contribution in [-0.4, -0.2) is 0 Å². The lowest BCUT2D eigenvalue weighted by Crippen LogP contribution is -2.09. The Morgan fingerprint density at radius 1 is 1.10 bits per heavy atom. The fraction of sp³-hybridized carbons (Fsp3) is 0.200. The maximum Gasteiger partial charge on any atom is 0.182 e. The Labute approximate surface area is 119 Å². The van der Waals surface area contributed by atoms with Crippen molar-refractivity contribution < 1.29 is 13.2 Å². The maximum absolute atomic E-state index is 13.6. The Balaban J connectivity index is 1.91. The molecule has 0 saturated heterocycles. The van der Waals surface area contributed by atoms with E-state index in [0.717, 1.165) is 30.0 Å². The van der Waals surface area contributed by atoms with Gasteiger partial charge in [0.25, 0.3) is 0 Å². The molecule has 1 aliphatic rings. The number of anilines is 1. The second-order valence-electron chi connectivity index (χ2n) is 4.83. The molecule has 0 aliphatic heterocycles. The summed E-state index contributed by atoms with van der Waals surface area (Å²) in [7, 11) is 0. The number of aryl methyl sites for hydroxylation is 1. The van der Waals surface area contributed by atoms with Gasteiger partial charge in [0.2, 0.25) is 0 Å². The first-order valence-electron chi connectivity index (χ1n) is 6.24. The van der Waals surface area contributed by atoms with Gasteiger partial charge >= 0.3 is 0 Å². The lowest BCUT2D eigenvalue weighted by Gasteiger charge is -2.16. The number of nitrogens with one attached hydrogen (secondary N) is 1. The van der Waals surface area contributed by atoms with Crippen molar-refractivity contribution in [2.24, 2.45) is 0 Å². The molecular formula is C15H11ClF3N. The van der Waals surface area contributed by atoms with Gasteiger partial charge in [0.15, 0.2) is 11.6 Å². The normalized spacial score (nSPS) is 17.1. The van der Waals surface area contributed by atoms with Crippen molar-refractivity contribution in [2.75, 3.05) is 5.32 Å². The van der Waals surface area contributed by atoms with Gasteiger partial charge in [0.05, 0.1) is 11.7 Å². The first-order valence-corrected chi connectivity index (χ1v) is 6.62. The summed E-state index contributed by atoms with van der Waals surface area (Å²) in [6.45, 7) is 0. The smallest absolute Gasteiger partial charge is 0.182 e. The molecule has 104 valence electrons. The van der Waals surface area contributed by atoms with Gasteiger partial charge in [-0.1, -0.05) is 17.7 Å². The van der Waals surface area contributed by atoms with Crippen LogP contribution in [0, 0.1) is 17.5 Å². The van der Waals surface area contributed by atoms with E-state index in [0.29, 0.717) is 11.1 Å². The molecule has 1 unspecified atom stereocenters. The third-order valence-electron chi connectivity index (χ3n) is 3.51. The molecule has 1 atom stereocenters. The maximum atomic E-state index is 13.6. The fourth-order valence-electron chi connectivity index (χ4n) is 2.58. The van der Waals surface area contributed by atoms with Crippen molar-refractivity contribution in [1.29, 1.82) is 0 Å². The second-order valence-corrected chi connectivity index (χ2v) is 5.26. The molecule has 0 heterocycles. The van der Waals surface area contributed by atoms with Crippen molar-refractivity contribution in [3.05, 3.63) is 63.9 Å². The molecule has 1 N–H and O–H groups in total. The molecule has 0 saturated carbocycles. The standard InChI is InChI=1S/C15H11ClF3N/c16-9-2-3-11-8(5-9)1-4-13(11)20-14-7-10(17)6-12(18)15(14)19/h2-3,5-7,13,20H,1,4H2. The summed E-state index contributed by atoms with van der Waals surface area (Å²) in [5, 5.41) is 3.51. The summed E-state index contributed by atoms with van der Waals surface area (Å²) >= 11 is 5.92. The molecule has 5 heteroatoms. The Morgan fingerprint density at radius 2 is 1.90 bits per heavy atom. The zero-order valence-corrected chi connectivity index (χ0v) is 11.1. The highest BCUT2D eigenvalue weighted by molar-refractivity contribution is 6.30. The molecule has 3 rings (SSSR count). The SMILES string of the molecule is Fc1cc(F)c(F)c(NC2CCc3cc(Cl)ccc32)c1. The summed E-state index contributed by atoms with van der Waals surface area (Å²) < 4.78 is 40.0. The van der Waals surface area contributed by atoms with Crippen LogP contribution in [-0.2, 0) is 6.42 Å².